The number of aliphatic imine (C=N–C) groups is 1. The van der Waals surface area contributed by atoms with Crippen LogP contribution in [-0.4, -0.2) is 31.3 Å². The van der Waals surface area contributed by atoms with Crippen molar-refractivity contribution in [2.75, 3.05) is 20.4 Å². The molecule has 6 nitrogen and oxygen atoms in total. The summed E-state index contributed by atoms with van der Waals surface area (Å²) in [7, 11) is 1.62. The summed E-state index contributed by atoms with van der Waals surface area (Å²) in [5.74, 6) is 2.04. The molecule has 1 aliphatic heterocycles. The van der Waals surface area contributed by atoms with Gasteiger partial charge in [0, 0.05) is 24.4 Å². The average Bonchev–Trinajstić information content (AvgIpc) is 3.07. The summed E-state index contributed by atoms with van der Waals surface area (Å²) in [5.41, 5.74) is 0.315. The molecule has 1 saturated carbocycles. The fourth-order valence-electron chi connectivity index (χ4n) is 3.10. The number of halogens is 3. The van der Waals surface area contributed by atoms with Gasteiger partial charge in [0.25, 0.3) is 0 Å². The molecule has 0 amide bonds. The van der Waals surface area contributed by atoms with Gasteiger partial charge >= 0.3 is 6.18 Å². The molecule has 1 aliphatic carbocycles. The van der Waals surface area contributed by atoms with Crippen molar-refractivity contribution in [2.45, 2.75) is 31.0 Å². The van der Waals surface area contributed by atoms with E-state index in [4.69, 9.17) is 9.47 Å². The molecule has 2 aliphatic rings. The summed E-state index contributed by atoms with van der Waals surface area (Å²) in [5, 5.41) is 7.66. The highest BCUT2D eigenvalue weighted by atomic mass is 32.1. The minimum Gasteiger partial charge on any atom is -0.454 e. The van der Waals surface area contributed by atoms with Gasteiger partial charge in [-0.15, -0.1) is 11.3 Å². The van der Waals surface area contributed by atoms with Gasteiger partial charge in [-0.05, 0) is 30.5 Å². The van der Waals surface area contributed by atoms with Gasteiger partial charge in [0.05, 0.1) is 6.54 Å². The number of nitrogens with zero attached hydrogens (tertiary/aromatic N) is 2. The van der Waals surface area contributed by atoms with E-state index in [0.29, 0.717) is 17.5 Å². The number of alkyl halides is 3. The van der Waals surface area contributed by atoms with E-state index >= 15 is 0 Å². The number of fused-ring (bicyclic) bond motifs is 1. The first-order valence-corrected chi connectivity index (χ1v) is 9.64. The van der Waals surface area contributed by atoms with Crippen LogP contribution in [0.25, 0.3) is 0 Å². The molecule has 1 aromatic carbocycles. The van der Waals surface area contributed by atoms with Crippen molar-refractivity contribution in [2.24, 2.45) is 4.99 Å². The molecule has 1 aromatic heterocycles. The van der Waals surface area contributed by atoms with Crippen LogP contribution in [0.2, 0.25) is 0 Å². The summed E-state index contributed by atoms with van der Waals surface area (Å²) < 4.78 is 48.7. The quantitative estimate of drug-likeness (QED) is 0.583. The lowest BCUT2D eigenvalue weighted by Gasteiger charge is -2.19. The van der Waals surface area contributed by atoms with E-state index in [9.17, 15) is 13.2 Å². The van der Waals surface area contributed by atoms with Crippen LogP contribution < -0.4 is 20.1 Å². The Morgan fingerprint density at radius 1 is 1.25 bits per heavy atom. The maximum Gasteiger partial charge on any atom is 0.434 e. The topological polar surface area (TPSA) is 67.8 Å². The van der Waals surface area contributed by atoms with Crippen LogP contribution >= 0.6 is 11.3 Å². The smallest absolute Gasteiger partial charge is 0.434 e. The first-order chi connectivity index (χ1) is 13.4. The SMILES string of the molecule is CN=C(NCc1nc(C(F)(F)F)cs1)NCC1(c2ccc3c(c2)OCO3)CC1. The Bertz CT molecular complexity index is 893. The number of thiazole rings is 1. The van der Waals surface area contributed by atoms with Gasteiger partial charge in [-0.25, -0.2) is 4.98 Å². The molecular weight excluding hydrogens is 393 g/mol. The minimum atomic E-state index is -4.42. The molecule has 2 N–H and O–H groups in total. The molecule has 2 aromatic rings. The number of rotatable bonds is 5. The minimum absolute atomic E-state index is 0.00321. The lowest BCUT2D eigenvalue weighted by atomic mass is 9.95. The third kappa shape index (κ3) is 3.87. The Kier molecular flexibility index (Phi) is 4.82. The van der Waals surface area contributed by atoms with Crippen molar-refractivity contribution in [1.82, 2.24) is 15.6 Å². The van der Waals surface area contributed by atoms with Crippen molar-refractivity contribution in [1.29, 1.82) is 0 Å². The van der Waals surface area contributed by atoms with Crippen LogP contribution in [0.5, 0.6) is 11.5 Å². The summed E-state index contributed by atoms with van der Waals surface area (Å²) in [4.78, 5) is 7.76. The largest absolute Gasteiger partial charge is 0.454 e. The van der Waals surface area contributed by atoms with E-state index in [1.54, 1.807) is 7.05 Å². The standard InChI is InChI=1S/C18H19F3N4O2S/c1-22-16(23-7-15-25-14(8-28-15)18(19,20)21)24-9-17(4-5-17)11-2-3-12-13(6-11)27-10-26-12/h2-3,6,8H,4-5,7,9-10H2,1H3,(H2,22,23,24). The summed E-state index contributed by atoms with van der Waals surface area (Å²) in [6.45, 7) is 1.09. The predicted octanol–water partition coefficient (Wildman–Crippen LogP) is 3.29. The number of hydrogen-bond acceptors (Lipinski definition) is 5. The number of benzene rings is 1. The van der Waals surface area contributed by atoms with E-state index in [-0.39, 0.29) is 18.8 Å². The third-order valence-corrected chi connectivity index (χ3v) is 5.75. The Morgan fingerprint density at radius 3 is 2.71 bits per heavy atom. The van der Waals surface area contributed by atoms with Gasteiger partial charge < -0.3 is 20.1 Å². The van der Waals surface area contributed by atoms with Crippen molar-refractivity contribution < 1.29 is 22.6 Å². The number of hydrogen-bond donors (Lipinski definition) is 2. The fourth-order valence-corrected chi connectivity index (χ4v) is 3.84. The third-order valence-electron chi connectivity index (χ3n) is 4.91. The maximum absolute atomic E-state index is 12.6. The summed E-state index contributed by atoms with van der Waals surface area (Å²) in [6.07, 6.45) is -2.34. The van der Waals surface area contributed by atoms with Crippen molar-refractivity contribution in [3.63, 3.8) is 0 Å². The Morgan fingerprint density at radius 2 is 2.04 bits per heavy atom. The van der Waals surface area contributed by atoms with Gasteiger partial charge in [0.15, 0.2) is 23.2 Å². The monoisotopic (exact) mass is 412 g/mol. The average molecular weight is 412 g/mol. The predicted molar refractivity (Wildman–Crippen MR) is 98.8 cm³/mol. The molecule has 4 rings (SSSR count). The second-order valence-electron chi connectivity index (χ2n) is 6.75. The van der Waals surface area contributed by atoms with Gasteiger partial charge in [0.2, 0.25) is 6.79 Å². The molecule has 0 spiro atoms. The van der Waals surface area contributed by atoms with Crippen LogP contribution in [0.15, 0.2) is 28.6 Å². The van der Waals surface area contributed by atoms with Crippen molar-refractivity contribution in [3.8, 4) is 11.5 Å². The summed E-state index contributed by atoms with van der Waals surface area (Å²) >= 11 is 0.971. The lowest BCUT2D eigenvalue weighted by Crippen LogP contribution is -2.40. The molecular formula is C18H19F3N4O2S. The molecule has 0 bridgehead atoms. The molecule has 0 saturated heterocycles. The highest BCUT2D eigenvalue weighted by molar-refractivity contribution is 7.09. The van der Waals surface area contributed by atoms with E-state index in [1.807, 2.05) is 18.2 Å². The van der Waals surface area contributed by atoms with Crippen molar-refractivity contribution in [3.05, 3.63) is 39.8 Å². The molecule has 28 heavy (non-hydrogen) atoms. The highest BCUT2D eigenvalue weighted by Crippen LogP contribution is 2.49. The van der Waals surface area contributed by atoms with Crippen LogP contribution in [0.1, 0.15) is 29.1 Å². The number of ether oxygens (including phenoxy) is 2. The number of nitrogens with one attached hydrogen (secondary N) is 2. The van der Waals surface area contributed by atoms with Gasteiger partial charge in [-0.3, -0.25) is 4.99 Å². The zero-order chi connectivity index (χ0) is 19.8. The van der Waals surface area contributed by atoms with Crippen LogP contribution in [0, 0.1) is 0 Å². The molecule has 0 radical (unpaired) electrons. The van der Waals surface area contributed by atoms with E-state index in [0.717, 1.165) is 41.1 Å². The Labute approximate surface area is 163 Å². The molecule has 1 fully saturated rings. The van der Waals surface area contributed by atoms with E-state index in [1.165, 1.54) is 5.56 Å². The normalized spacial score (nSPS) is 17.5. The zero-order valence-electron chi connectivity index (χ0n) is 15.1. The van der Waals surface area contributed by atoms with Gasteiger partial charge in [0.1, 0.15) is 5.01 Å². The molecule has 150 valence electrons. The van der Waals surface area contributed by atoms with Gasteiger partial charge in [-0.1, -0.05) is 6.07 Å². The van der Waals surface area contributed by atoms with Crippen molar-refractivity contribution >= 4 is 17.3 Å². The number of aromatic nitrogens is 1. The Hall–Kier alpha value is -2.49. The maximum atomic E-state index is 12.6. The molecule has 0 unspecified atom stereocenters. The molecule has 0 atom stereocenters. The zero-order valence-corrected chi connectivity index (χ0v) is 15.9. The van der Waals surface area contributed by atoms with Crippen LogP contribution in [-0.2, 0) is 18.1 Å². The number of guanidine groups is 1. The lowest BCUT2D eigenvalue weighted by molar-refractivity contribution is -0.140. The highest BCUT2D eigenvalue weighted by Gasteiger charge is 2.44. The Balaban J connectivity index is 1.34. The fraction of sp³-hybridized carbons (Fsp3) is 0.444. The summed E-state index contributed by atoms with van der Waals surface area (Å²) in [6, 6.07) is 5.99. The van der Waals surface area contributed by atoms with Gasteiger partial charge in [-0.2, -0.15) is 13.2 Å². The molecule has 2 heterocycles. The second-order valence-corrected chi connectivity index (χ2v) is 7.69. The van der Waals surface area contributed by atoms with E-state index < -0.39 is 11.9 Å². The van der Waals surface area contributed by atoms with Crippen LogP contribution in [0.4, 0.5) is 13.2 Å². The first kappa shape index (κ1) is 18.9. The van der Waals surface area contributed by atoms with Crippen LogP contribution in [0.3, 0.4) is 0 Å². The molecule has 10 heteroatoms. The second kappa shape index (κ2) is 7.16. The van der Waals surface area contributed by atoms with E-state index in [2.05, 4.69) is 20.6 Å². The first-order valence-electron chi connectivity index (χ1n) is 8.76.